The average molecular weight is 1170 g/mol. The fourth-order valence-corrected chi connectivity index (χ4v) is 14.0. The highest BCUT2D eigenvalue weighted by molar-refractivity contribution is 7.89. The maximum atomic E-state index is 15.0. The van der Waals surface area contributed by atoms with Crippen molar-refractivity contribution < 1.29 is 21.6 Å². The monoisotopic (exact) mass is 1170 g/mol. The number of rotatable bonds is 33. The molecule has 5 aromatic rings. The van der Waals surface area contributed by atoms with Crippen LogP contribution in [-0.2, 0) is 30.9 Å². The van der Waals surface area contributed by atoms with Crippen molar-refractivity contribution in [3.63, 3.8) is 0 Å². The lowest BCUT2D eigenvalue weighted by atomic mass is 9.91. The quantitative estimate of drug-likeness (QED) is 0.0372. The molecule has 0 spiro atoms. The van der Waals surface area contributed by atoms with Gasteiger partial charge in [-0.25, -0.2) is 16.8 Å². The van der Waals surface area contributed by atoms with Crippen LogP contribution in [0.4, 0.5) is 34.4 Å². The Morgan fingerprint density at radius 2 is 0.878 bits per heavy atom. The van der Waals surface area contributed by atoms with Crippen LogP contribution in [0.25, 0.3) is 11.9 Å². The molecule has 454 valence electrons. The Kier molecular flexibility index (Phi) is 24.7. The molecule has 0 aliphatic rings. The van der Waals surface area contributed by atoms with Crippen molar-refractivity contribution in [2.45, 2.75) is 232 Å². The minimum absolute atomic E-state index is 0.00875. The van der Waals surface area contributed by atoms with Crippen molar-refractivity contribution in [2.75, 3.05) is 31.7 Å². The summed E-state index contributed by atoms with van der Waals surface area (Å²) in [5.41, 5.74) is 14.2. The van der Waals surface area contributed by atoms with Gasteiger partial charge in [-0.3, -0.25) is 0 Å². The highest BCUT2D eigenvalue weighted by Crippen LogP contribution is 2.42. The fourth-order valence-electron chi connectivity index (χ4n) is 10.2. The number of aromatic nitrogens is 7. The Labute approximate surface area is 490 Å². The van der Waals surface area contributed by atoms with Gasteiger partial charge < -0.3 is 16.2 Å². The van der Waals surface area contributed by atoms with E-state index in [2.05, 4.69) is 75.6 Å². The predicted octanol–water partition coefficient (Wildman–Crippen LogP) is 15.2. The number of hydrogen-bond donors (Lipinski definition) is 2. The van der Waals surface area contributed by atoms with E-state index in [1.807, 2.05) is 41.5 Å². The van der Waals surface area contributed by atoms with Gasteiger partial charge in [-0.05, 0) is 74.6 Å². The average Bonchev–Trinajstić information content (AvgIpc) is 3.70. The molecule has 0 aliphatic heterocycles. The second-order valence-corrected chi connectivity index (χ2v) is 27.4. The Morgan fingerprint density at radius 3 is 1.20 bits per heavy atom. The normalized spacial score (nSPS) is 14.4. The second-order valence-electron chi connectivity index (χ2n) is 23.6. The molecule has 3 heterocycles. The first-order chi connectivity index (χ1) is 38.9. The first-order valence-corrected chi connectivity index (χ1v) is 32.9. The summed E-state index contributed by atoms with van der Waals surface area (Å²) < 4.78 is 71.8. The van der Waals surface area contributed by atoms with Gasteiger partial charge in [0.2, 0.25) is 20.0 Å². The van der Waals surface area contributed by atoms with Crippen LogP contribution in [0, 0.1) is 11.8 Å². The van der Waals surface area contributed by atoms with Gasteiger partial charge in [0, 0.05) is 36.0 Å². The summed E-state index contributed by atoms with van der Waals surface area (Å²) >= 11 is 0. The van der Waals surface area contributed by atoms with Crippen LogP contribution in [0.2, 0.25) is 0 Å². The molecule has 82 heavy (non-hydrogen) atoms. The summed E-state index contributed by atoms with van der Waals surface area (Å²) in [5.74, 6) is 0.289. The van der Waals surface area contributed by atoms with Crippen molar-refractivity contribution in [2.24, 2.45) is 32.3 Å². The highest BCUT2D eigenvalue weighted by atomic mass is 32.2. The van der Waals surface area contributed by atoms with E-state index >= 15 is 16.8 Å². The maximum Gasteiger partial charge on any atom is 0.322 e. The van der Waals surface area contributed by atoms with E-state index < -0.39 is 30.9 Å². The van der Waals surface area contributed by atoms with Crippen LogP contribution >= 0.6 is 0 Å². The summed E-state index contributed by atoms with van der Waals surface area (Å²) in [6.07, 6.45) is 14.4. The van der Waals surface area contributed by atoms with Crippen LogP contribution < -0.4 is 16.2 Å². The number of unbranched alkanes of at least 4 members (excludes halogenated alkanes) is 4. The number of nitrogens with zero attached hydrogens (tertiary/aromatic N) is 13. The molecule has 2 aromatic carbocycles. The van der Waals surface area contributed by atoms with Crippen molar-refractivity contribution >= 4 is 54.4 Å². The number of nitrogens with two attached hydrogens (primary N) is 2. The van der Waals surface area contributed by atoms with E-state index in [1.165, 1.54) is 16.5 Å². The lowest BCUT2D eigenvalue weighted by Gasteiger charge is -2.33. The Bertz CT molecular complexity index is 2920. The summed E-state index contributed by atoms with van der Waals surface area (Å²) in [6, 6.07) is 12.9. The highest BCUT2D eigenvalue weighted by Gasteiger charge is 2.37. The van der Waals surface area contributed by atoms with E-state index in [-0.39, 0.29) is 86.0 Å². The third kappa shape index (κ3) is 16.3. The standard InChI is InChI=1S/C60H97N15O5S2/c1-16-24-32-42(20-5)40-72(44(22-7)34-26-18-3)81(76,77)48-38-30-28-36-46(48)66-68-50-52(59(9,10)11)70-74(54(50)61)56-63-57(65-58(64-56)80-15)75-55(62)51(53(71-75)60(12,13)14)69-67-47-37-29-31-39-49(47)82(78,79)73(45(23-8)35-27-19-4)41-43(21-6)33-25-17-2/h28-31,36-39,42-45H,16-27,32-35,40-41,61-62H2,1-15H3. The molecule has 0 saturated heterocycles. The van der Waals surface area contributed by atoms with Crippen molar-refractivity contribution in [3.05, 3.63) is 59.9 Å². The summed E-state index contributed by atoms with van der Waals surface area (Å²) in [6.45, 7) is 29.4. The minimum Gasteiger partial charge on any atom is -0.467 e. The van der Waals surface area contributed by atoms with Gasteiger partial charge in [-0.15, -0.1) is 20.5 Å². The molecule has 0 aliphatic carbocycles. The molecule has 0 amide bonds. The Hall–Kier alpha value is -5.71. The van der Waals surface area contributed by atoms with Gasteiger partial charge in [0.05, 0.1) is 18.5 Å². The second kappa shape index (κ2) is 30.2. The van der Waals surface area contributed by atoms with Gasteiger partial charge in [0.1, 0.15) is 21.2 Å². The van der Waals surface area contributed by atoms with E-state index in [1.54, 1.807) is 57.1 Å². The predicted molar refractivity (Wildman–Crippen MR) is 330 cm³/mol. The number of sulfonamides is 2. The molecule has 3 aromatic heterocycles. The molecule has 0 saturated carbocycles. The fraction of sp³-hybridized carbons (Fsp3) is 0.650. The number of benzene rings is 2. The number of nitrogen functional groups attached to an aromatic ring is 2. The van der Waals surface area contributed by atoms with Gasteiger partial charge >= 0.3 is 6.01 Å². The van der Waals surface area contributed by atoms with E-state index in [0.717, 1.165) is 89.9 Å². The largest absolute Gasteiger partial charge is 0.467 e. The molecular formula is C60H97N15O5S2. The van der Waals surface area contributed by atoms with Crippen LogP contribution in [-0.4, -0.2) is 92.2 Å². The molecule has 0 bridgehead atoms. The van der Waals surface area contributed by atoms with E-state index in [0.29, 0.717) is 37.3 Å². The number of methoxy groups -OCH3 is 1. The third-order valence-corrected chi connectivity index (χ3v) is 19.2. The van der Waals surface area contributed by atoms with Crippen LogP contribution in [0.3, 0.4) is 0 Å². The first-order valence-electron chi connectivity index (χ1n) is 30.1. The molecule has 4 atom stereocenters. The topological polar surface area (TPSA) is 260 Å². The molecule has 5 rings (SSSR count). The zero-order valence-electron chi connectivity index (χ0n) is 52.0. The van der Waals surface area contributed by atoms with Crippen molar-refractivity contribution in [1.82, 2.24) is 43.1 Å². The van der Waals surface area contributed by atoms with Crippen LogP contribution in [0.15, 0.2) is 78.8 Å². The van der Waals surface area contributed by atoms with E-state index in [4.69, 9.17) is 41.6 Å². The SMILES string of the molecule is CCCCC(CC)CN(C(CC)CCCC)S(=O)(=O)c1ccccc1N=Nc1c(C(C)(C)C)nn(-c2nc(OC)nc(-n3nc(C(C)(C)C)c(N=Nc4ccccc4S(=O)(=O)N(CC(CC)CCCC)C(CC)CCCC)c3N)n2)c1N. The minimum atomic E-state index is -4.06. The number of ether oxygens (including phenoxy) is 1. The zero-order chi connectivity index (χ0) is 60.6. The lowest BCUT2D eigenvalue weighted by Crippen LogP contribution is -2.43. The maximum absolute atomic E-state index is 15.0. The number of azo groups is 2. The summed E-state index contributed by atoms with van der Waals surface area (Å²) in [4.78, 5) is 14.0. The van der Waals surface area contributed by atoms with Crippen molar-refractivity contribution in [3.8, 4) is 17.9 Å². The van der Waals surface area contributed by atoms with E-state index in [9.17, 15) is 0 Å². The summed E-state index contributed by atoms with van der Waals surface area (Å²) in [7, 11) is -6.72. The van der Waals surface area contributed by atoms with Gasteiger partial charge in [-0.2, -0.15) is 43.1 Å². The zero-order valence-corrected chi connectivity index (χ0v) is 53.6. The molecule has 4 N–H and O–H groups in total. The van der Waals surface area contributed by atoms with Crippen LogP contribution in [0.1, 0.15) is 211 Å². The Balaban J connectivity index is 1.63. The number of anilines is 2. The third-order valence-electron chi connectivity index (χ3n) is 15.3. The van der Waals surface area contributed by atoms with Crippen molar-refractivity contribution in [1.29, 1.82) is 0 Å². The van der Waals surface area contributed by atoms with Gasteiger partial charge in [0.25, 0.3) is 11.9 Å². The molecule has 0 radical (unpaired) electrons. The molecule has 4 unspecified atom stereocenters. The Morgan fingerprint density at radius 1 is 0.524 bits per heavy atom. The van der Waals surface area contributed by atoms with Gasteiger partial charge in [0.15, 0.2) is 23.0 Å². The molecule has 20 nitrogen and oxygen atoms in total. The molecule has 22 heteroatoms. The van der Waals surface area contributed by atoms with Gasteiger partial charge in [-0.1, -0.05) is 185 Å². The molecule has 0 fully saturated rings. The molecular weight excluding hydrogens is 1070 g/mol. The van der Waals surface area contributed by atoms with Crippen LogP contribution in [0.5, 0.6) is 6.01 Å². The first kappa shape index (κ1) is 67.1. The lowest BCUT2D eigenvalue weighted by molar-refractivity contribution is 0.243. The number of hydrogen-bond acceptors (Lipinski definition) is 16. The summed E-state index contributed by atoms with van der Waals surface area (Å²) in [5, 5.41) is 28.5. The smallest absolute Gasteiger partial charge is 0.322 e.